The van der Waals surface area contributed by atoms with Gasteiger partial charge >= 0.3 is 6.03 Å². The second-order valence-electron chi connectivity index (χ2n) is 11.9. The monoisotopic (exact) mass is 803 g/mol. The number of anilines is 4. The van der Waals surface area contributed by atoms with Gasteiger partial charge in [0.05, 0.1) is 22.7 Å². The molecule has 2 saturated heterocycles. The quantitative estimate of drug-likeness (QED) is 0.239. The molecule has 7 N–H and O–H groups in total. The van der Waals surface area contributed by atoms with Crippen molar-refractivity contribution in [2.45, 2.75) is 50.6 Å². The lowest BCUT2D eigenvalue weighted by Crippen LogP contribution is -2.49. The Bertz CT molecular complexity index is 1730. The minimum Gasteiger partial charge on any atom is -0.366 e. The fourth-order valence-electron chi connectivity index (χ4n) is 6.07. The molecule has 0 aliphatic carbocycles. The smallest absolute Gasteiger partial charge is 0.312 e. The number of primary amides is 1. The summed E-state index contributed by atoms with van der Waals surface area (Å²) in [6, 6.07) is 8.49. The molecule has 4 aliphatic heterocycles. The second kappa shape index (κ2) is 16.5. The first-order chi connectivity index (χ1) is 23.5. The van der Waals surface area contributed by atoms with Gasteiger partial charge in [-0.1, -0.05) is 12.1 Å². The highest BCUT2D eigenvalue weighted by Gasteiger charge is 2.27. The molecule has 260 valence electrons. The summed E-state index contributed by atoms with van der Waals surface area (Å²) in [7, 11) is 0. The molecule has 0 bridgehead atoms. The van der Waals surface area contributed by atoms with Crippen LogP contribution in [0.4, 0.5) is 36.3 Å². The van der Waals surface area contributed by atoms with Crippen LogP contribution in [0.25, 0.3) is 0 Å². The molecular weight excluding hydrogens is 768 g/mol. The standard InChI is InChI=1S/C17H19BrFN5O2.C16H18BrFN4O/c18-14-7-6-13(22-14)16(25)23-12-5-1-4-11(19)15(12)24-8-2-3-10(9-24)21-17(20)26;17-14-7-6-13(20-14)16(23)21-12-5-1-4-11(18)15(12)22-8-2-3-10(19)9-22/h1,4-5,7,10H,2-3,6,8-9H2,(H,23,25)(H3,20,21,26);1,4-5,7,10H,2-3,6,8-9,19H2,(H,21,23)/t2*10-/m11/s1. The van der Waals surface area contributed by atoms with E-state index in [0.29, 0.717) is 75.9 Å². The largest absolute Gasteiger partial charge is 0.366 e. The van der Waals surface area contributed by atoms with E-state index < -0.39 is 11.8 Å². The van der Waals surface area contributed by atoms with E-state index in [1.807, 2.05) is 15.9 Å². The first-order valence-electron chi connectivity index (χ1n) is 15.9. The van der Waals surface area contributed by atoms with Gasteiger partial charge in [0.1, 0.15) is 32.3 Å². The molecule has 16 heteroatoms. The first kappa shape index (κ1) is 36.1. The lowest BCUT2D eigenvalue weighted by Gasteiger charge is -2.35. The molecule has 2 atom stereocenters. The van der Waals surface area contributed by atoms with Crippen LogP contribution in [-0.4, -0.2) is 67.5 Å². The molecule has 0 saturated carbocycles. The van der Waals surface area contributed by atoms with Crippen molar-refractivity contribution in [2.75, 3.05) is 46.6 Å². The minimum atomic E-state index is -0.601. The van der Waals surface area contributed by atoms with Gasteiger partial charge in [-0.15, -0.1) is 0 Å². The second-order valence-corrected chi connectivity index (χ2v) is 13.5. The predicted molar refractivity (Wildman–Crippen MR) is 196 cm³/mol. The third-order valence-corrected chi connectivity index (χ3v) is 9.27. The van der Waals surface area contributed by atoms with Gasteiger partial charge in [0, 0.05) is 51.1 Å². The van der Waals surface area contributed by atoms with Crippen LogP contribution < -0.4 is 37.2 Å². The van der Waals surface area contributed by atoms with E-state index in [2.05, 4.69) is 57.8 Å². The van der Waals surface area contributed by atoms with E-state index in [9.17, 15) is 23.2 Å². The zero-order chi connectivity index (χ0) is 35.1. The van der Waals surface area contributed by atoms with Crippen LogP contribution in [0.1, 0.15) is 38.5 Å². The number of allylic oxidation sites excluding steroid dienone is 2. The summed E-state index contributed by atoms with van der Waals surface area (Å²) < 4.78 is 30.2. The van der Waals surface area contributed by atoms with E-state index in [-0.39, 0.29) is 29.7 Å². The van der Waals surface area contributed by atoms with Crippen molar-refractivity contribution in [1.29, 1.82) is 0 Å². The van der Waals surface area contributed by atoms with Crippen molar-refractivity contribution in [3.63, 3.8) is 0 Å². The molecule has 6 rings (SSSR count). The van der Waals surface area contributed by atoms with Gasteiger partial charge in [-0.25, -0.2) is 23.6 Å². The number of piperidine rings is 2. The van der Waals surface area contributed by atoms with Gasteiger partial charge < -0.3 is 37.2 Å². The van der Waals surface area contributed by atoms with Crippen LogP contribution in [0.15, 0.2) is 67.7 Å². The van der Waals surface area contributed by atoms with Gasteiger partial charge in [0.2, 0.25) is 0 Å². The molecule has 0 spiro atoms. The fourth-order valence-corrected chi connectivity index (χ4v) is 6.82. The van der Waals surface area contributed by atoms with Crippen molar-refractivity contribution in [3.05, 3.63) is 69.4 Å². The maximum atomic E-state index is 14.6. The summed E-state index contributed by atoms with van der Waals surface area (Å²) in [4.78, 5) is 47.8. The number of nitrogens with two attached hydrogens (primary N) is 2. The van der Waals surface area contributed by atoms with Crippen LogP contribution in [-0.2, 0) is 9.59 Å². The SMILES string of the molecule is NC(=O)N[C@@H]1CCCN(c2c(F)cccc2NC(=O)C2=NC(Br)=CC2)C1.N[C@@H]1CCCN(c2c(F)cccc2NC(=O)C2=NC(Br)=CC2)C1. The van der Waals surface area contributed by atoms with Crippen LogP contribution in [0.2, 0.25) is 0 Å². The summed E-state index contributed by atoms with van der Waals surface area (Å²) in [5, 5.41) is 8.20. The number of carbonyl (C=O) groups excluding carboxylic acids is 3. The van der Waals surface area contributed by atoms with E-state index in [1.54, 1.807) is 30.3 Å². The van der Waals surface area contributed by atoms with Crippen molar-refractivity contribution < 1.29 is 23.2 Å². The van der Waals surface area contributed by atoms with Crippen molar-refractivity contribution in [2.24, 2.45) is 21.5 Å². The molecule has 0 aromatic heterocycles. The highest BCUT2D eigenvalue weighted by molar-refractivity contribution is 9.12. The average molecular weight is 806 g/mol. The summed E-state index contributed by atoms with van der Waals surface area (Å²) >= 11 is 6.47. The number of nitrogens with one attached hydrogen (secondary N) is 3. The Morgan fingerprint density at radius 1 is 0.776 bits per heavy atom. The Morgan fingerprint density at radius 2 is 1.27 bits per heavy atom. The molecule has 2 aromatic carbocycles. The third kappa shape index (κ3) is 9.51. The number of hydrogen-bond acceptors (Lipinski definition) is 8. The van der Waals surface area contributed by atoms with Crippen LogP contribution >= 0.6 is 31.9 Å². The molecule has 2 aromatic rings. The first-order valence-corrected chi connectivity index (χ1v) is 17.4. The summed E-state index contributed by atoms with van der Waals surface area (Å²) in [5.74, 6) is -1.48. The normalized spacial score (nSPS) is 20.3. The Hall–Kier alpha value is -4.15. The Kier molecular flexibility index (Phi) is 12.2. The van der Waals surface area contributed by atoms with Crippen LogP contribution in [0.5, 0.6) is 0 Å². The number of nitrogens with zero attached hydrogens (tertiary/aromatic N) is 4. The maximum Gasteiger partial charge on any atom is 0.312 e. The average Bonchev–Trinajstić information content (AvgIpc) is 3.69. The van der Waals surface area contributed by atoms with E-state index >= 15 is 0 Å². The number of carbonyl (C=O) groups is 3. The van der Waals surface area contributed by atoms with E-state index in [0.717, 1.165) is 32.2 Å². The van der Waals surface area contributed by atoms with Gasteiger partial charge in [-0.05, 0) is 94.0 Å². The van der Waals surface area contributed by atoms with Crippen LogP contribution in [0, 0.1) is 11.6 Å². The zero-order valence-corrected chi connectivity index (χ0v) is 29.7. The number of aliphatic imine (C=N–C) groups is 2. The Morgan fingerprint density at radius 3 is 1.71 bits per heavy atom. The number of para-hydroxylation sites is 2. The molecular formula is C33H37Br2F2N9O3. The highest BCUT2D eigenvalue weighted by Crippen LogP contribution is 2.33. The maximum absolute atomic E-state index is 14.6. The molecule has 4 aliphatic rings. The topological polar surface area (TPSA) is 171 Å². The van der Waals surface area contributed by atoms with Crippen molar-refractivity contribution in [3.8, 4) is 0 Å². The number of benzene rings is 2. The number of amides is 4. The molecule has 2 fully saturated rings. The Balaban J connectivity index is 0.000000192. The van der Waals surface area contributed by atoms with Crippen molar-refractivity contribution in [1.82, 2.24) is 5.32 Å². The zero-order valence-electron chi connectivity index (χ0n) is 26.5. The van der Waals surface area contributed by atoms with Crippen molar-refractivity contribution >= 4 is 83.9 Å². The highest BCUT2D eigenvalue weighted by atomic mass is 79.9. The number of halogens is 4. The third-order valence-electron chi connectivity index (χ3n) is 8.26. The van der Waals surface area contributed by atoms with Gasteiger partial charge in [0.25, 0.3) is 11.8 Å². The lowest BCUT2D eigenvalue weighted by atomic mass is 10.0. The molecule has 12 nitrogen and oxygen atoms in total. The number of hydrogen-bond donors (Lipinski definition) is 5. The molecule has 4 heterocycles. The van der Waals surface area contributed by atoms with E-state index in [1.165, 1.54) is 12.1 Å². The Labute approximate surface area is 299 Å². The molecule has 0 radical (unpaired) electrons. The van der Waals surface area contributed by atoms with Gasteiger partial charge in [0.15, 0.2) is 0 Å². The summed E-state index contributed by atoms with van der Waals surface area (Å²) in [6.07, 6.45) is 7.87. The van der Waals surface area contributed by atoms with Gasteiger partial charge in [-0.2, -0.15) is 0 Å². The number of rotatable bonds is 7. The minimum absolute atomic E-state index is 0.0197. The molecule has 4 amide bonds. The summed E-state index contributed by atoms with van der Waals surface area (Å²) in [6.45, 7) is 2.35. The van der Waals surface area contributed by atoms with Gasteiger partial charge in [-0.3, -0.25) is 9.59 Å². The predicted octanol–water partition coefficient (Wildman–Crippen LogP) is 5.26. The lowest BCUT2D eigenvalue weighted by molar-refractivity contribution is -0.111. The molecule has 49 heavy (non-hydrogen) atoms. The molecule has 0 unspecified atom stereocenters. The van der Waals surface area contributed by atoms with E-state index in [4.69, 9.17) is 11.5 Å². The fraction of sp³-hybridized carbons (Fsp3) is 0.364. The number of urea groups is 1. The van der Waals surface area contributed by atoms with Crippen LogP contribution in [0.3, 0.4) is 0 Å². The summed E-state index contributed by atoms with van der Waals surface area (Å²) in [5.41, 5.74) is 13.5.